The SMILES string of the molecule is Cc1nc2c(C)c(O)c(-c3ccc4nc(N5CCC(NC6CC(F)C6)C5)ccc4n3)cc2o1. The van der Waals surface area contributed by atoms with Crippen molar-refractivity contribution in [2.75, 3.05) is 18.0 Å². The summed E-state index contributed by atoms with van der Waals surface area (Å²) in [4.78, 5) is 16.2. The second-order valence-corrected chi connectivity index (χ2v) is 9.25. The maximum atomic E-state index is 13.1. The van der Waals surface area contributed by atoms with E-state index < -0.39 is 6.17 Å². The van der Waals surface area contributed by atoms with Crippen molar-refractivity contribution in [3.05, 3.63) is 41.8 Å². The summed E-state index contributed by atoms with van der Waals surface area (Å²) >= 11 is 0. The lowest BCUT2D eigenvalue weighted by Crippen LogP contribution is -2.48. The quantitative estimate of drug-likeness (QED) is 0.479. The first-order valence-electron chi connectivity index (χ1n) is 11.5. The van der Waals surface area contributed by atoms with E-state index in [4.69, 9.17) is 14.4 Å². The highest BCUT2D eigenvalue weighted by molar-refractivity contribution is 5.89. The highest BCUT2D eigenvalue weighted by Crippen LogP contribution is 2.37. The lowest BCUT2D eigenvalue weighted by atomic mass is 9.90. The summed E-state index contributed by atoms with van der Waals surface area (Å²) in [5.74, 6) is 1.65. The third-order valence-electron chi connectivity index (χ3n) is 6.87. The molecule has 33 heavy (non-hydrogen) atoms. The van der Waals surface area contributed by atoms with Crippen LogP contribution in [0.25, 0.3) is 33.4 Å². The van der Waals surface area contributed by atoms with E-state index in [0.29, 0.717) is 58.7 Å². The third kappa shape index (κ3) is 3.58. The Bertz CT molecular complexity index is 1360. The Morgan fingerprint density at radius 3 is 2.67 bits per heavy atom. The van der Waals surface area contributed by atoms with Gasteiger partial charge in [0.05, 0.1) is 16.7 Å². The fourth-order valence-corrected chi connectivity index (χ4v) is 4.97. The zero-order valence-corrected chi connectivity index (χ0v) is 18.7. The monoisotopic (exact) mass is 447 g/mol. The topological polar surface area (TPSA) is 87.3 Å². The summed E-state index contributed by atoms with van der Waals surface area (Å²) in [6, 6.07) is 10.3. The van der Waals surface area contributed by atoms with Gasteiger partial charge in [0.25, 0.3) is 0 Å². The Labute approximate surface area is 190 Å². The van der Waals surface area contributed by atoms with Gasteiger partial charge in [-0.05, 0) is 56.5 Å². The number of phenols is 1. The minimum Gasteiger partial charge on any atom is -0.507 e. The molecule has 3 aromatic heterocycles. The molecule has 2 N–H and O–H groups in total. The number of pyridine rings is 2. The van der Waals surface area contributed by atoms with Crippen LogP contribution in [0.4, 0.5) is 10.2 Å². The van der Waals surface area contributed by atoms with Crippen LogP contribution in [0.2, 0.25) is 0 Å². The highest BCUT2D eigenvalue weighted by Gasteiger charge is 2.33. The largest absolute Gasteiger partial charge is 0.507 e. The Kier molecular flexibility index (Phi) is 4.72. The van der Waals surface area contributed by atoms with Crippen LogP contribution in [-0.4, -0.2) is 51.4 Å². The summed E-state index contributed by atoms with van der Waals surface area (Å²) in [5.41, 5.74) is 4.82. The Balaban J connectivity index is 1.26. The van der Waals surface area contributed by atoms with Crippen LogP contribution < -0.4 is 10.2 Å². The molecule has 1 aromatic carbocycles. The molecule has 1 aliphatic heterocycles. The lowest BCUT2D eigenvalue weighted by molar-refractivity contribution is 0.148. The maximum absolute atomic E-state index is 13.1. The normalized spacial score (nSPS) is 22.9. The first-order valence-corrected chi connectivity index (χ1v) is 11.5. The predicted octanol–water partition coefficient (Wildman–Crippen LogP) is 4.43. The van der Waals surface area contributed by atoms with E-state index in [1.54, 1.807) is 13.0 Å². The first kappa shape index (κ1) is 20.4. The number of hydrogen-bond donors (Lipinski definition) is 2. The molecule has 1 saturated heterocycles. The zero-order chi connectivity index (χ0) is 22.7. The Hall–Kier alpha value is -3.26. The van der Waals surface area contributed by atoms with Crippen molar-refractivity contribution in [2.45, 2.75) is 51.4 Å². The summed E-state index contributed by atoms with van der Waals surface area (Å²) in [6.45, 7) is 5.43. The molecule has 4 heterocycles. The molecule has 170 valence electrons. The van der Waals surface area contributed by atoms with Crippen LogP contribution in [0.15, 0.2) is 34.7 Å². The van der Waals surface area contributed by atoms with Crippen LogP contribution >= 0.6 is 0 Å². The van der Waals surface area contributed by atoms with Crippen molar-refractivity contribution in [3.8, 4) is 17.0 Å². The van der Waals surface area contributed by atoms with Gasteiger partial charge in [0.1, 0.15) is 23.3 Å². The standard InChI is InChI=1S/C25H26FN5O2/c1-13-24-22(33-14(2)27-24)11-18(25(13)32)19-3-4-21-20(29-19)5-6-23(30-21)31-8-7-16(12-31)28-17-9-15(26)10-17/h3-6,11,15-17,28,32H,7-10,12H2,1-2H3. The molecule has 1 atom stereocenters. The molecular formula is C25H26FN5O2. The van der Waals surface area contributed by atoms with Gasteiger partial charge in [-0.2, -0.15) is 0 Å². The zero-order valence-electron chi connectivity index (χ0n) is 18.7. The molecule has 0 amide bonds. The molecule has 0 bridgehead atoms. The van der Waals surface area contributed by atoms with Crippen LogP contribution in [0.1, 0.15) is 30.7 Å². The van der Waals surface area contributed by atoms with E-state index >= 15 is 0 Å². The van der Waals surface area contributed by atoms with Gasteiger partial charge in [0.15, 0.2) is 11.5 Å². The molecular weight excluding hydrogens is 421 g/mol. The molecule has 2 fully saturated rings. The van der Waals surface area contributed by atoms with Crippen molar-refractivity contribution in [1.82, 2.24) is 20.3 Å². The fraction of sp³-hybridized carbons (Fsp3) is 0.400. The fourth-order valence-electron chi connectivity index (χ4n) is 4.97. The number of hydrogen-bond acceptors (Lipinski definition) is 7. The van der Waals surface area contributed by atoms with E-state index in [1.165, 1.54) is 0 Å². The number of aryl methyl sites for hydroxylation is 2. The van der Waals surface area contributed by atoms with E-state index in [2.05, 4.69) is 15.2 Å². The van der Waals surface area contributed by atoms with E-state index in [9.17, 15) is 9.50 Å². The number of phenolic OH excluding ortho intramolecular Hbond substituents is 1. The van der Waals surface area contributed by atoms with Crippen LogP contribution in [-0.2, 0) is 0 Å². The van der Waals surface area contributed by atoms with Crippen molar-refractivity contribution in [3.63, 3.8) is 0 Å². The van der Waals surface area contributed by atoms with Gasteiger partial charge >= 0.3 is 0 Å². The molecule has 1 unspecified atom stereocenters. The summed E-state index contributed by atoms with van der Waals surface area (Å²) in [5, 5.41) is 14.3. The van der Waals surface area contributed by atoms with Gasteiger partial charge in [-0.15, -0.1) is 0 Å². The van der Waals surface area contributed by atoms with Crippen molar-refractivity contribution in [2.24, 2.45) is 0 Å². The average Bonchev–Trinajstić information content (AvgIpc) is 3.41. The molecule has 0 radical (unpaired) electrons. The number of fused-ring (bicyclic) bond motifs is 2. The molecule has 0 spiro atoms. The molecule has 2 aliphatic rings. The number of benzene rings is 1. The minimum absolute atomic E-state index is 0.161. The second-order valence-electron chi connectivity index (χ2n) is 9.25. The van der Waals surface area contributed by atoms with Crippen LogP contribution in [0.3, 0.4) is 0 Å². The van der Waals surface area contributed by atoms with Gasteiger partial charge < -0.3 is 19.7 Å². The smallest absolute Gasteiger partial charge is 0.192 e. The third-order valence-corrected chi connectivity index (χ3v) is 6.87. The van der Waals surface area contributed by atoms with E-state index in [0.717, 1.165) is 36.4 Å². The van der Waals surface area contributed by atoms with Gasteiger partial charge in [0, 0.05) is 43.2 Å². The molecule has 1 aliphatic carbocycles. The maximum Gasteiger partial charge on any atom is 0.192 e. The average molecular weight is 448 g/mol. The highest BCUT2D eigenvalue weighted by atomic mass is 19.1. The lowest BCUT2D eigenvalue weighted by Gasteiger charge is -2.33. The number of aromatic hydroxyl groups is 1. The predicted molar refractivity (Wildman–Crippen MR) is 125 cm³/mol. The van der Waals surface area contributed by atoms with Gasteiger partial charge in [-0.25, -0.2) is 19.3 Å². The van der Waals surface area contributed by atoms with Gasteiger partial charge in [-0.3, -0.25) is 0 Å². The number of nitrogens with zero attached hydrogens (tertiary/aromatic N) is 4. The molecule has 8 heteroatoms. The number of rotatable bonds is 4. The Morgan fingerprint density at radius 2 is 1.85 bits per heavy atom. The number of halogens is 1. The molecule has 1 saturated carbocycles. The van der Waals surface area contributed by atoms with Gasteiger partial charge in [-0.1, -0.05) is 0 Å². The van der Waals surface area contributed by atoms with Gasteiger partial charge in [0.2, 0.25) is 0 Å². The van der Waals surface area contributed by atoms with Crippen LogP contribution in [0.5, 0.6) is 5.75 Å². The number of aromatic nitrogens is 3. The van der Waals surface area contributed by atoms with E-state index in [1.807, 2.05) is 31.2 Å². The number of oxazole rings is 1. The van der Waals surface area contributed by atoms with Crippen molar-refractivity contribution in [1.29, 1.82) is 0 Å². The second kappa shape index (κ2) is 7.66. The minimum atomic E-state index is -0.632. The summed E-state index contributed by atoms with van der Waals surface area (Å²) in [7, 11) is 0. The number of alkyl halides is 1. The number of nitrogens with one attached hydrogen (secondary N) is 1. The van der Waals surface area contributed by atoms with Crippen molar-refractivity contribution >= 4 is 28.0 Å². The summed E-state index contributed by atoms with van der Waals surface area (Å²) in [6.07, 6.45) is 1.67. The van der Waals surface area contributed by atoms with Crippen molar-refractivity contribution < 1.29 is 13.9 Å². The molecule has 4 aromatic rings. The van der Waals surface area contributed by atoms with E-state index in [-0.39, 0.29) is 5.75 Å². The molecule has 6 rings (SSSR count). The first-order chi connectivity index (χ1) is 15.9. The molecule has 7 nitrogen and oxygen atoms in total. The summed E-state index contributed by atoms with van der Waals surface area (Å²) < 4.78 is 18.8. The number of anilines is 1. The Morgan fingerprint density at radius 1 is 1.06 bits per heavy atom. The van der Waals surface area contributed by atoms with Crippen LogP contribution in [0, 0.1) is 13.8 Å².